The summed E-state index contributed by atoms with van der Waals surface area (Å²) < 4.78 is 0. The van der Waals surface area contributed by atoms with Crippen molar-refractivity contribution in [3.8, 4) is 11.4 Å². The van der Waals surface area contributed by atoms with Crippen molar-refractivity contribution in [1.29, 1.82) is 0 Å². The SMILES string of the molecule is CCC1CCC(C2CC=C(c3cnc(-c4ccc(CN(CC(=O)O)C(=O)c5ccc(NC(=O)Cc6ccc(N(C)C)cc6)cc5)cc4)nc3)CC2)CC1. The van der Waals surface area contributed by atoms with Crippen LogP contribution in [0.25, 0.3) is 17.0 Å². The van der Waals surface area contributed by atoms with Gasteiger partial charge >= 0.3 is 5.97 Å². The standard InChI is InChI=1S/C44H51N5O4/c1-4-30-5-11-33(12-6-30)34-15-17-35(18-16-34)38-26-45-43(46-27-38)36-13-7-32(8-14-36)28-49(29-42(51)52)44(53)37-19-21-39(22-20-37)47-41(50)25-31-9-23-40(24-10-31)48(2)3/h7-10,13-14,17,19-24,26-27,30,33-34H,4-6,11-12,15-16,18,25,28-29H2,1-3H3,(H,47,50)(H,51,52). The minimum absolute atomic E-state index is 0.117. The van der Waals surface area contributed by atoms with Gasteiger partial charge in [0.2, 0.25) is 5.91 Å². The number of nitrogens with zero attached hydrogens (tertiary/aromatic N) is 4. The number of nitrogens with one attached hydrogen (secondary N) is 1. The van der Waals surface area contributed by atoms with Gasteiger partial charge in [0.05, 0.1) is 6.42 Å². The van der Waals surface area contributed by atoms with Gasteiger partial charge in [-0.1, -0.05) is 68.7 Å². The largest absolute Gasteiger partial charge is 0.480 e. The van der Waals surface area contributed by atoms with E-state index < -0.39 is 18.4 Å². The highest BCUT2D eigenvalue weighted by molar-refractivity contribution is 5.97. The van der Waals surface area contributed by atoms with Crippen LogP contribution in [0.2, 0.25) is 0 Å². The molecule has 1 atom stereocenters. The van der Waals surface area contributed by atoms with Crippen LogP contribution >= 0.6 is 0 Å². The van der Waals surface area contributed by atoms with Crippen molar-refractivity contribution in [2.45, 2.75) is 71.3 Å². The second-order valence-corrected chi connectivity index (χ2v) is 14.9. The van der Waals surface area contributed by atoms with Crippen molar-refractivity contribution in [3.05, 3.63) is 114 Å². The van der Waals surface area contributed by atoms with Gasteiger partial charge in [0, 0.05) is 61.1 Å². The highest BCUT2D eigenvalue weighted by atomic mass is 16.4. The van der Waals surface area contributed by atoms with E-state index in [0.717, 1.165) is 58.5 Å². The first-order valence-electron chi connectivity index (χ1n) is 18.9. The molecule has 2 aliphatic carbocycles. The van der Waals surface area contributed by atoms with E-state index in [2.05, 4.69) is 28.3 Å². The molecule has 53 heavy (non-hydrogen) atoms. The molecule has 2 aliphatic rings. The Hall–Kier alpha value is -5.31. The maximum absolute atomic E-state index is 13.5. The van der Waals surface area contributed by atoms with Crippen LogP contribution in [0, 0.1) is 17.8 Å². The lowest BCUT2D eigenvalue weighted by atomic mass is 9.71. The quantitative estimate of drug-likeness (QED) is 0.143. The van der Waals surface area contributed by atoms with Gasteiger partial charge in [-0.15, -0.1) is 0 Å². The van der Waals surface area contributed by atoms with E-state index in [9.17, 15) is 19.5 Å². The Morgan fingerprint density at radius 1 is 0.792 bits per heavy atom. The summed E-state index contributed by atoms with van der Waals surface area (Å²) in [5.74, 6) is 1.55. The molecule has 4 aromatic rings. The highest BCUT2D eigenvalue weighted by Crippen LogP contribution is 2.41. The number of benzene rings is 3. The van der Waals surface area contributed by atoms with Crippen LogP contribution in [0.15, 0.2) is 91.3 Å². The Morgan fingerprint density at radius 3 is 2.04 bits per heavy atom. The number of anilines is 2. The Balaban J connectivity index is 1.03. The van der Waals surface area contributed by atoms with Crippen molar-refractivity contribution in [2.75, 3.05) is 30.9 Å². The second kappa shape index (κ2) is 17.5. The molecule has 1 heterocycles. The van der Waals surface area contributed by atoms with E-state index in [0.29, 0.717) is 17.1 Å². The average molecular weight is 714 g/mol. The third-order valence-electron chi connectivity index (χ3n) is 11.0. The molecule has 2 N–H and O–H groups in total. The highest BCUT2D eigenvalue weighted by Gasteiger charge is 2.28. The van der Waals surface area contributed by atoms with Crippen LogP contribution in [-0.4, -0.2) is 58.4 Å². The minimum Gasteiger partial charge on any atom is -0.480 e. The fourth-order valence-corrected chi connectivity index (χ4v) is 7.78. The van der Waals surface area contributed by atoms with E-state index in [1.807, 2.05) is 79.9 Å². The molecule has 0 aliphatic heterocycles. The molecule has 1 unspecified atom stereocenters. The molecule has 3 aromatic carbocycles. The zero-order valence-corrected chi connectivity index (χ0v) is 31.1. The lowest BCUT2D eigenvalue weighted by Gasteiger charge is -2.35. The number of carbonyl (C=O) groups excluding carboxylic acids is 2. The molecule has 276 valence electrons. The normalized spacial score (nSPS) is 18.5. The first-order valence-corrected chi connectivity index (χ1v) is 18.9. The van der Waals surface area contributed by atoms with Gasteiger partial charge in [-0.05, 0) is 103 Å². The molecule has 0 saturated heterocycles. The second-order valence-electron chi connectivity index (χ2n) is 14.9. The fraction of sp³-hybridized carbons (Fsp3) is 0.386. The van der Waals surface area contributed by atoms with E-state index in [-0.39, 0.29) is 18.9 Å². The summed E-state index contributed by atoms with van der Waals surface area (Å²) in [6.45, 7) is 1.99. The molecule has 1 aromatic heterocycles. The summed E-state index contributed by atoms with van der Waals surface area (Å²) >= 11 is 0. The van der Waals surface area contributed by atoms with Crippen molar-refractivity contribution >= 4 is 34.7 Å². The maximum atomic E-state index is 13.5. The van der Waals surface area contributed by atoms with Gasteiger partial charge in [0.25, 0.3) is 5.91 Å². The van der Waals surface area contributed by atoms with Gasteiger partial charge in [-0.2, -0.15) is 0 Å². The molecule has 6 rings (SSSR count). The molecule has 1 fully saturated rings. The number of allylic oxidation sites excluding steroid dienone is 2. The van der Waals surface area contributed by atoms with E-state index in [4.69, 9.17) is 0 Å². The van der Waals surface area contributed by atoms with Crippen LogP contribution in [0.4, 0.5) is 11.4 Å². The number of hydrogen-bond acceptors (Lipinski definition) is 6. The Morgan fingerprint density at radius 2 is 1.45 bits per heavy atom. The van der Waals surface area contributed by atoms with Crippen molar-refractivity contribution in [3.63, 3.8) is 0 Å². The zero-order valence-electron chi connectivity index (χ0n) is 31.1. The predicted octanol–water partition coefficient (Wildman–Crippen LogP) is 8.52. The van der Waals surface area contributed by atoms with Gasteiger partial charge in [-0.25, -0.2) is 9.97 Å². The molecular weight excluding hydrogens is 663 g/mol. The summed E-state index contributed by atoms with van der Waals surface area (Å²) in [6, 6.07) is 21.8. The summed E-state index contributed by atoms with van der Waals surface area (Å²) in [5, 5.41) is 12.5. The van der Waals surface area contributed by atoms with Crippen molar-refractivity contribution < 1.29 is 19.5 Å². The summed E-state index contributed by atoms with van der Waals surface area (Å²) in [7, 11) is 3.93. The van der Waals surface area contributed by atoms with Gasteiger partial charge in [-0.3, -0.25) is 14.4 Å². The number of aliphatic carboxylic acids is 1. The lowest BCUT2D eigenvalue weighted by molar-refractivity contribution is -0.137. The molecule has 1 saturated carbocycles. The summed E-state index contributed by atoms with van der Waals surface area (Å²) in [6.07, 6.45) is 16.8. The number of aromatic nitrogens is 2. The lowest BCUT2D eigenvalue weighted by Crippen LogP contribution is -2.35. The van der Waals surface area contributed by atoms with E-state index >= 15 is 0 Å². The molecule has 0 radical (unpaired) electrons. The number of rotatable bonds is 13. The number of amides is 2. The maximum Gasteiger partial charge on any atom is 0.323 e. The zero-order chi connectivity index (χ0) is 37.3. The van der Waals surface area contributed by atoms with Crippen LogP contribution in [-0.2, 0) is 22.6 Å². The molecular formula is C44H51N5O4. The van der Waals surface area contributed by atoms with E-state index in [1.165, 1.54) is 49.0 Å². The third kappa shape index (κ3) is 9.97. The van der Waals surface area contributed by atoms with Crippen molar-refractivity contribution in [2.24, 2.45) is 17.8 Å². The molecule has 0 bridgehead atoms. The minimum atomic E-state index is -1.10. The van der Waals surface area contributed by atoms with Crippen LogP contribution in [0.1, 0.15) is 85.3 Å². The number of carbonyl (C=O) groups is 3. The molecule has 0 spiro atoms. The molecule has 9 nitrogen and oxygen atoms in total. The smallest absolute Gasteiger partial charge is 0.323 e. The fourth-order valence-electron chi connectivity index (χ4n) is 7.78. The van der Waals surface area contributed by atoms with Gasteiger partial charge in [0.15, 0.2) is 5.82 Å². The number of carboxylic acids is 1. The van der Waals surface area contributed by atoms with Gasteiger partial charge in [0.1, 0.15) is 6.54 Å². The summed E-state index contributed by atoms with van der Waals surface area (Å²) in [4.78, 5) is 50.5. The van der Waals surface area contributed by atoms with Crippen LogP contribution in [0.5, 0.6) is 0 Å². The number of hydrogen-bond donors (Lipinski definition) is 2. The van der Waals surface area contributed by atoms with Crippen LogP contribution < -0.4 is 10.2 Å². The molecule has 2 amide bonds. The Bertz CT molecular complexity index is 1880. The van der Waals surface area contributed by atoms with Gasteiger partial charge < -0.3 is 20.2 Å². The first-order chi connectivity index (χ1) is 25.6. The summed E-state index contributed by atoms with van der Waals surface area (Å²) in [5.41, 5.74) is 6.89. The topological polar surface area (TPSA) is 116 Å². The average Bonchev–Trinajstić information content (AvgIpc) is 3.18. The monoisotopic (exact) mass is 713 g/mol. The Kier molecular flexibility index (Phi) is 12.3. The first kappa shape index (κ1) is 37.4. The van der Waals surface area contributed by atoms with E-state index in [1.54, 1.807) is 24.3 Å². The predicted molar refractivity (Wildman–Crippen MR) is 210 cm³/mol. The Labute approximate surface area is 313 Å². The van der Waals surface area contributed by atoms with Crippen molar-refractivity contribution in [1.82, 2.24) is 14.9 Å². The number of carboxylic acid groups (broad SMARTS) is 1. The van der Waals surface area contributed by atoms with Crippen LogP contribution in [0.3, 0.4) is 0 Å². The molecule has 9 heteroatoms. The third-order valence-corrected chi connectivity index (χ3v) is 11.0.